The Hall–Kier alpha value is -1.10. The van der Waals surface area contributed by atoms with Crippen LogP contribution in [0.2, 0.25) is 0 Å². The molecule has 0 spiro atoms. The van der Waals surface area contributed by atoms with Crippen molar-refractivity contribution < 1.29 is 5.11 Å². The standard InChI is InChI=1S/C14H12BrNOS/c15-14-5-4-11(18-14)8-16-7-6-12-10(9-17)2-1-3-13(12)16/h1-7,17H,8-9H2. The van der Waals surface area contributed by atoms with Gasteiger partial charge in [-0.25, -0.2) is 0 Å². The zero-order chi connectivity index (χ0) is 12.5. The van der Waals surface area contributed by atoms with E-state index in [1.807, 2.05) is 12.1 Å². The van der Waals surface area contributed by atoms with Crippen LogP contribution in [-0.4, -0.2) is 9.67 Å². The molecular formula is C14H12BrNOS. The van der Waals surface area contributed by atoms with Crippen LogP contribution in [0.15, 0.2) is 46.4 Å². The number of rotatable bonds is 3. The van der Waals surface area contributed by atoms with Gasteiger partial charge >= 0.3 is 0 Å². The van der Waals surface area contributed by atoms with Gasteiger partial charge in [0.25, 0.3) is 0 Å². The molecule has 0 aliphatic rings. The van der Waals surface area contributed by atoms with Crippen LogP contribution >= 0.6 is 27.3 Å². The molecule has 92 valence electrons. The van der Waals surface area contributed by atoms with E-state index in [-0.39, 0.29) is 6.61 Å². The molecular weight excluding hydrogens is 310 g/mol. The van der Waals surface area contributed by atoms with Gasteiger partial charge < -0.3 is 9.67 Å². The van der Waals surface area contributed by atoms with Gasteiger partial charge in [0, 0.05) is 22.0 Å². The maximum absolute atomic E-state index is 9.32. The molecule has 0 saturated carbocycles. The number of nitrogens with zero attached hydrogens (tertiary/aromatic N) is 1. The predicted octanol–water partition coefficient (Wildman–Crippen LogP) is 4.01. The van der Waals surface area contributed by atoms with Crippen molar-refractivity contribution in [3.05, 3.63) is 56.8 Å². The van der Waals surface area contributed by atoms with E-state index in [1.165, 1.54) is 10.4 Å². The van der Waals surface area contributed by atoms with E-state index < -0.39 is 0 Å². The van der Waals surface area contributed by atoms with E-state index in [2.05, 4.69) is 51.0 Å². The second-order valence-corrected chi connectivity index (χ2v) is 6.71. The lowest BCUT2D eigenvalue weighted by molar-refractivity contribution is 0.283. The van der Waals surface area contributed by atoms with Crippen molar-refractivity contribution in [3.63, 3.8) is 0 Å². The second-order valence-electron chi connectivity index (χ2n) is 4.16. The Balaban J connectivity index is 2.02. The zero-order valence-electron chi connectivity index (χ0n) is 9.64. The highest BCUT2D eigenvalue weighted by Crippen LogP contribution is 2.25. The quantitative estimate of drug-likeness (QED) is 0.774. The molecule has 3 rings (SSSR count). The number of thiophene rings is 1. The molecule has 0 saturated heterocycles. The predicted molar refractivity (Wildman–Crippen MR) is 79.0 cm³/mol. The van der Waals surface area contributed by atoms with Crippen LogP contribution < -0.4 is 0 Å². The number of hydrogen-bond acceptors (Lipinski definition) is 2. The van der Waals surface area contributed by atoms with E-state index in [0.29, 0.717) is 0 Å². The lowest BCUT2D eigenvalue weighted by Gasteiger charge is -2.04. The molecule has 18 heavy (non-hydrogen) atoms. The molecule has 0 atom stereocenters. The monoisotopic (exact) mass is 321 g/mol. The van der Waals surface area contributed by atoms with Crippen molar-refractivity contribution in [3.8, 4) is 0 Å². The first-order chi connectivity index (χ1) is 8.78. The Labute approximate surface area is 118 Å². The number of hydrogen-bond donors (Lipinski definition) is 1. The van der Waals surface area contributed by atoms with Crippen LogP contribution in [0.4, 0.5) is 0 Å². The lowest BCUT2D eigenvalue weighted by Crippen LogP contribution is -1.95. The van der Waals surface area contributed by atoms with Gasteiger partial charge in [0.2, 0.25) is 0 Å². The van der Waals surface area contributed by atoms with Crippen LogP contribution in [0.1, 0.15) is 10.4 Å². The summed E-state index contributed by atoms with van der Waals surface area (Å²) in [4.78, 5) is 1.31. The summed E-state index contributed by atoms with van der Waals surface area (Å²) in [5.74, 6) is 0. The SMILES string of the molecule is OCc1cccc2c1ccn2Cc1ccc(Br)s1. The molecule has 1 aromatic carbocycles. The van der Waals surface area contributed by atoms with Crippen LogP contribution in [0, 0.1) is 0 Å². The molecule has 1 N–H and O–H groups in total. The Morgan fingerprint density at radius 3 is 2.78 bits per heavy atom. The van der Waals surface area contributed by atoms with Crippen LogP contribution in [0.3, 0.4) is 0 Å². The van der Waals surface area contributed by atoms with Crippen molar-refractivity contribution >= 4 is 38.2 Å². The van der Waals surface area contributed by atoms with Crippen LogP contribution in [0.25, 0.3) is 10.9 Å². The minimum absolute atomic E-state index is 0.0892. The minimum Gasteiger partial charge on any atom is -0.392 e. The summed E-state index contributed by atoms with van der Waals surface area (Å²) in [5.41, 5.74) is 2.16. The van der Waals surface area contributed by atoms with Crippen LogP contribution in [0.5, 0.6) is 0 Å². The molecule has 0 aliphatic carbocycles. The second kappa shape index (κ2) is 4.88. The van der Waals surface area contributed by atoms with Gasteiger partial charge in [0.15, 0.2) is 0 Å². The number of aliphatic hydroxyl groups excluding tert-OH is 1. The maximum atomic E-state index is 9.32. The smallest absolute Gasteiger partial charge is 0.0702 e. The van der Waals surface area contributed by atoms with Gasteiger partial charge in [-0.15, -0.1) is 11.3 Å². The number of halogens is 1. The van der Waals surface area contributed by atoms with E-state index in [1.54, 1.807) is 11.3 Å². The third-order valence-electron chi connectivity index (χ3n) is 3.03. The molecule has 0 unspecified atom stereocenters. The van der Waals surface area contributed by atoms with E-state index in [0.717, 1.165) is 21.3 Å². The van der Waals surface area contributed by atoms with E-state index >= 15 is 0 Å². The largest absolute Gasteiger partial charge is 0.392 e. The number of aromatic nitrogens is 1. The average Bonchev–Trinajstić information content (AvgIpc) is 2.97. The summed E-state index contributed by atoms with van der Waals surface area (Å²) in [5, 5.41) is 10.5. The van der Waals surface area contributed by atoms with Crippen molar-refractivity contribution in [1.29, 1.82) is 0 Å². The highest BCUT2D eigenvalue weighted by molar-refractivity contribution is 9.11. The fourth-order valence-electron chi connectivity index (χ4n) is 2.17. The lowest BCUT2D eigenvalue weighted by atomic mass is 10.1. The summed E-state index contributed by atoms with van der Waals surface area (Å²) >= 11 is 5.24. The van der Waals surface area contributed by atoms with E-state index in [9.17, 15) is 5.11 Å². The van der Waals surface area contributed by atoms with Crippen molar-refractivity contribution in [2.24, 2.45) is 0 Å². The fraction of sp³-hybridized carbons (Fsp3) is 0.143. The summed E-state index contributed by atoms with van der Waals surface area (Å²) < 4.78 is 3.37. The van der Waals surface area contributed by atoms with Crippen molar-refractivity contribution in [2.45, 2.75) is 13.2 Å². The van der Waals surface area contributed by atoms with Gasteiger partial charge in [0.05, 0.1) is 16.9 Å². The molecule has 0 radical (unpaired) electrons. The summed E-state index contributed by atoms with van der Waals surface area (Å²) in [6.45, 7) is 0.959. The molecule has 2 heterocycles. The minimum atomic E-state index is 0.0892. The molecule has 0 amide bonds. The Bertz CT molecular complexity index is 686. The van der Waals surface area contributed by atoms with Crippen LogP contribution in [-0.2, 0) is 13.2 Å². The molecule has 2 aromatic heterocycles. The Kier molecular flexibility index (Phi) is 3.24. The number of benzene rings is 1. The molecule has 2 nitrogen and oxygen atoms in total. The molecule has 0 fully saturated rings. The first kappa shape index (κ1) is 12.0. The first-order valence-corrected chi connectivity index (χ1v) is 7.30. The fourth-order valence-corrected chi connectivity index (χ4v) is 3.65. The Morgan fingerprint density at radius 1 is 1.17 bits per heavy atom. The Morgan fingerprint density at radius 2 is 2.06 bits per heavy atom. The van der Waals surface area contributed by atoms with Gasteiger partial charge in [-0.1, -0.05) is 12.1 Å². The molecule has 4 heteroatoms. The third-order valence-corrected chi connectivity index (χ3v) is 4.64. The topological polar surface area (TPSA) is 25.2 Å². The van der Waals surface area contributed by atoms with Gasteiger partial charge in [-0.2, -0.15) is 0 Å². The highest BCUT2D eigenvalue weighted by atomic mass is 79.9. The summed E-state index contributed by atoms with van der Waals surface area (Å²) in [6.07, 6.45) is 2.08. The number of aliphatic hydroxyl groups is 1. The van der Waals surface area contributed by atoms with Crippen molar-refractivity contribution in [1.82, 2.24) is 4.57 Å². The van der Waals surface area contributed by atoms with E-state index in [4.69, 9.17) is 0 Å². The van der Waals surface area contributed by atoms with Gasteiger partial charge in [0.1, 0.15) is 0 Å². The molecule has 0 bridgehead atoms. The zero-order valence-corrected chi connectivity index (χ0v) is 12.0. The number of fused-ring (bicyclic) bond motifs is 1. The van der Waals surface area contributed by atoms with Gasteiger partial charge in [-0.3, -0.25) is 0 Å². The first-order valence-electron chi connectivity index (χ1n) is 5.70. The third kappa shape index (κ3) is 2.11. The highest BCUT2D eigenvalue weighted by Gasteiger charge is 2.06. The van der Waals surface area contributed by atoms with Crippen molar-refractivity contribution in [2.75, 3.05) is 0 Å². The normalized spacial score (nSPS) is 11.2. The van der Waals surface area contributed by atoms with Gasteiger partial charge in [-0.05, 0) is 45.8 Å². The summed E-state index contributed by atoms with van der Waals surface area (Å²) in [6, 6.07) is 12.3. The molecule has 0 aliphatic heterocycles. The molecule has 3 aromatic rings. The average molecular weight is 322 g/mol. The maximum Gasteiger partial charge on any atom is 0.0702 e. The summed E-state index contributed by atoms with van der Waals surface area (Å²) in [7, 11) is 0.